The van der Waals surface area contributed by atoms with E-state index in [1.165, 1.54) is 44.5 Å². The van der Waals surface area contributed by atoms with E-state index in [0.717, 1.165) is 0 Å². The monoisotopic (exact) mass is 430 g/mol. The summed E-state index contributed by atoms with van der Waals surface area (Å²) >= 11 is 0. The first kappa shape index (κ1) is 21.7. The first-order chi connectivity index (χ1) is 15.6. The Morgan fingerprint density at radius 2 is 0.818 bits per heavy atom. The molecule has 0 heteroatoms. The van der Waals surface area contributed by atoms with Crippen LogP contribution in [0, 0.1) is 0 Å². The molecule has 0 heterocycles. The highest BCUT2D eigenvalue weighted by molar-refractivity contribution is 5.87. The van der Waals surface area contributed by atoms with E-state index in [9.17, 15) is 0 Å². The molecule has 4 aromatic carbocycles. The lowest BCUT2D eigenvalue weighted by Crippen LogP contribution is -2.29. The van der Waals surface area contributed by atoms with Crippen molar-refractivity contribution in [2.24, 2.45) is 0 Å². The van der Waals surface area contributed by atoms with Gasteiger partial charge in [-0.1, -0.05) is 139 Å². The molecular weight excluding hydrogens is 396 g/mol. The van der Waals surface area contributed by atoms with Crippen LogP contribution in [-0.4, -0.2) is 0 Å². The second kappa shape index (κ2) is 7.45. The van der Waals surface area contributed by atoms with Crippen LogP contribution in [0.3, 0.4) is 0 Å². The number of hydrogen-bond acceptors (Lipinski definition) is 0. The fraction of sp³-hybridized carbons (Fsp3) is 0.273. The molecule has 1 aliphatic rings. The summed E-state index contributed by atoms with van der Waals surface area (Å²) in [7, 11) is 0. The standard InChI is InChI=1S/C33H34/c1-31(2,3)25-17-19-27-28-20-18-26(32(4,5)6)22-30(28)33(29(27)21-25,23-13-9-7-10-14-23)24-15-11-8-12-16-24/h7-22H,1-6H3. The summed E-state index contributed by atoms with van der Waals surface area (Å²) in [4.78, 5) is 0. The van der Waals surface area contributed by atoms with Gasteiger partial charge in [0.2, 0.25) is 0 Å². The molecule has 0 aromatic heterocycles. The van der Waals surface area contributed by atoms with Gasteiger partial charge in [0.25, 0.3) is 0 Å². The molecule has 0 bridgehead atoms. The number of fused-ring (bicyclic) bond motifs is 3. The maximum absolute atomic E-state index is 2.48. The van der Waals surface area contributed by atoms with Crippen LogP contribution in [-0.2, 0) is 16.2 Å². The van der Waals surface area contributed by atoms with Crippen molar-refractivity contribution in [2.75, 3.05) is 0 Å². The van der Waals surface area contributed by atoms with Crippen molar-refractivity contribution >= 4 is 0 Å². The molecule has 0 saturated carbocycles. The highest BCUT2D eigenvalue weighted by Crippen LogP contribution is 2.57. The zero-order valence-electron chi connectivity index (χ0n) is 20.7. The van der Waals surface area contributed by atoms with Crippen LogP contribution in [0.5, 0.6) is 0 Å². The van der Waals surface area contributed by atoms with Crippen molar-refractivity contribution in [3.05, 3.63) is 130 Å². The highest BCUT2D eigenvalue weighted by atomic mass is 14.5. The lowest BCUT2D eigenvalue weighted by Gasteiger charge is -2.35. The summed E-state index contributed by atoms with van der Waals surface area (Å²) < 4.78 is 0. The minimum absolute atomic E-state index is 0.0828. The Balaban J connectivity index is 1.96. The lowest BCUT2D eigenvalue weighted by molar-refractivity contribution is 0.586. The van der Waals surface area contributed by atoms with Gasteiger partial charge in [-0.3, -0.25) is 0 Å². The summed E-state index contributed by atoms with van der Waals surface area (Å²) in [6.07, 6.45) is 0. The topological polar surface area (TPSA) is 0 Å². The van der Waals surface area contributed by atoms with Crippen molar-refractivity contribution in [3.63, 3.8) is 0 Å². The fourth-order valence-corrected chi connectivity index (χ4v) is 5.42. The third-order valence-corrected chi connectivity index (χ3v) is 7.28. The fourth-order valence-electron chi connectivity index (χ4n) is 5.42. The van der Waals surface area contributed by atoms with E-state index in [1.54, 1.807) is 0 Å². The smallest absolute Gasteiger partial charge is 0.0622 e. The van der Waals surface area contributed by atoms with Crippen molar-refractivity contribution in [1.29, 1.82) is 0 Å². The Bertz CT molecular complexity index is 1190. The largest absolute Gasteiger partial charge is 0.0713 e. The molecule has 0 radical (unpaired) electrons. The van der Waals surface area contributed by atoms with Gasteiger partial charge in [-0.25, -0.2) is 0 Å². The zero-order valence-corrected chi connectivity index (χ0v) is 20.7. The molecule has 166 valence electrons. The molecule has 0 spiro atoms. The van der Waals surface area contributed by atoms with Crippen molar-refractivity contribution in [1.82, 2.24) is 0 Å². The van der Waals surface area contributed by atoms with Crippen LogP contribution in [0.1, 0.15) is 74.9 Å². The van der Waals surface area contributed by atoms with Crippen LogP contribution >= 0.6 is 0 Å². The first-order valence-electron chi connectivity index (χ1n) is 12.0. The molecule has 0 unspecified atom stereocenters. The van der Waals surface area contributed by atoms with Gasteiger partial charge in [0.1, 0.15) is 0 Å². The summed E-state index contributed by atoms with van der Waals surface area (Å²) in [6, 6.07) is 36.5. The average Bonchev–Trinajstić information content (AvgIpc) is 3.09. The van der Waals surface area contributed by atoms with Crippen LogP contribution in [0.15, 0.2) is 97.1 Å². The van der Waals surface area contributed by atoms with Gasteiger partial charge in [0.05, 0.1) is 5.41 Å². The quantitative estimate of drug-likeness (QED) is 0.263. The number of benzene rings is 4. The molecule has 5 rings (SSSR count). The third kappa shape index (κ3) is 3.35. The summed E-state index contributed by atoms with van der Waals surface area (Å²) in [5, 5.41) is 0. The Morgan fingerprint density at radius 1 is 0.455 bits per heavy atom. The van der Waals surface area contributed by atoms with E-state index in [4.69, 9.17) is 0 Å². The molecule has 1 aliphatic carbocycles. The maximum atomic E-state index is 2.48. The maximum Gasteiger partial charge on any atom is 0.0713 e. The van der Waals surface area contributed by atoms with E-state index in [0.29, 0.717) is 0 Å². The van der Waals surface area contributed by atoms with E-state index < -0.39 is 0 Å². The van der Waals surface area contributed by atoms with Crippen LogP contribution < -0.4 is 0 Å². The molecule has 0 amide bonds. The lowest BCUT2D eigenvalue weighted by atomic mass is 9.66. The van der Waals surface area contributed by atoms with E-state index in [-0.39, 0.29) is 16.2 Å². The van der Waals surface area contributed by atoms with E-state index in [2.05, 4.69) is 139 Å². The summed E-state index contributed by atoms with van der Waals surface area (Å²) in [6.45, 7) is 13.8. The first-order valence-corrected chi connectivity index (χ1v) is 12.0. The van der Waals surface area contributed by atoms with Gasteiger partial charge in [-0.05, 0) is 55.3 Å². The Morgan fingerprint density at radius 3 is 1.15 bits per heavy atom. The molecule has 0 nitrogen and oxygen atoms in total. The SMILES string of the molecule is CC(C)(C)c1ccc2c(c1)C(c1ccccc1)(c1ccccc1)c1cc(C(C)(C)C)ccc1-2. The molecule has 0 saturated heterocycles. The average molecular weight is 431 g/mol. The predicted octanol–water partition coefficient (Wildman–Crippen LogP) is 8.64. The van der Waals surface area contributed by atoms with Gasteiger partial charge in [0, 0.05) is 0 Å². The highest BCUT2D eigenvalue weighted by Gasteiger charge is 2.46. The Kier molecular flexibility index (Phi) is 4.90. The zero-order chi connectivity index (χ0) is 23.4. The number of rotatable bonds is 2. The third-order valence-electron chi connectivity index (χ3n) is 7.28. The molecular formula is C33H34. The van der Waals surface area contributed by atoms with Gasteiger partial charge < -0.3 is 0 Å². The molecule has 0 aliphatic heterocycles. The molecule has 0 atom stereocenters. The Labute approximate surface area is 199 Å². The molecule has 33 heavy (non-hydrogen) atoms. The summed E-state index contributed by atoms with van der Waals surface area (Å²) in [5.41, 5.74) is 10.7. The second-order valence-corrected chi connectivity index (χ2v) is 11.5. The Hall–Kier alpha value is -3.12. The minimum Gasteiger partial charge on any atom is -0.0622 e. The van der Waals surface area contributed by atoms with E-state index in [1.807, 2.05) is 0 Å². The van der Waals surface area contributed by atoms with Crippen molar-refractivity contribution < 1.29 is 0 Å². The molecule has 4 aromatic rings. The van der Waals surface area contributed by atoms with Gasteiger partial charge in [-0.15, -0.1) is 0 Å². The van der Waals surface area contributed by atoms with Crippen LogP contribution in [0.4, 0.5) is 0 Å². The van der Waals surface area contributed by atoms with Crippen LogP contribution in [0.25, 0.3) is 11.1 Å². The minimum atomic E-state index is -0.338. The van der Waals surface area contributed by atoms with Crippen molar-refractivity contribution in [2.45, 2.75) is 57.8 Å². The van der Waals surface area contributed by atoms with Crippen molar-refractivity contribution in [3.8, 4) is 11.1 Å². The molecule has 0 N–H and O–H groups in total. The van der Waals surface area contributed by atoms with Gasteiger partial charge >= 0.3 is 0 Å². The second-order valence-electron chi connectivity index (χ2n) is 11.5. The van der Waals surface area contributed by atoms with E-state index >= 15 is 0 Å². The number of hydrogen-bond donors (Lipinski definition) is 0. The summed E-state index contributed by atoms with van der Waals surface area (Å²) in [5.74, 6) is 0. The van der Waals surface area contributed by atoms with Gasteiger partial charge in [-0.2, -0.15) is 0 Å². The predicted molar refractivity (Wildman–Crippen MR) is 141 cm³/mol. The van der Waals surface area contributed by atoms with Gasteiger partial charge in [0.15, 0.2) is 0 Å². The normalized spacial score (nSPS) is 14.6. The van der Waals surface area contributed by atoms with Crippen LogP contribution in [0.2, 0.25) is 0 Å². The molecule has 0 fully saturated rings.